The number of hydrogen-bond donors (Lipinski definition) is 0. The van der Waals surface area contributed by atoms with Crippen LogP contribution in [0.3, 0.4) is 0 Å². The van der Waals surface area contributed by atoms with Gasteiger partial charge >= 0.3 is 0 Å². The molecule has 0 saturated heterocycles. The van der Waals surface area contributed by atoms with Gasteiger partial charge in [-0.3, -0.25) is 0 Å². The van der Waals surface area contributed by atoms with Gasteiger partial charge in [-0.15, -0.1) is 0 Å². The Hall–Kier alpha value is -1.13. The van der Waals surface area contributed by atoms with E-state index in [4.69, 9.17) is 0 Å². The van der Waals surface area contributed by atoms with Crippen LogP contribution in [0.25, 0.3) is 0 Å². The molecule has 0 atom stereocenters. The summed E-state index contributed by atoms with van der Waals surface area (Å²) >= 11 is 0. The van der Waals surface area contributed by atoms with Crippen molar-refractivity contribution >= 4 is 10.0 Å². The van der Waals surface area contributed by atoms with E-state index < -0.39 is 10.0 Å². The molecule has 0 unspecified atom stereocenters. The molecule has 114 valence electrons. The van der Waals surface area contributed by atoms with Gasteiger partial charge in [-0.2, -0.15) is 4.31 Å². The van der Waals surface area contributed by atoms with Crippen LogP contribution in [-0.4, -0.2) is 24.8 Å². The Morgan fingerprint density at radius 3 is 2.24 bits per heavy atom. The van der Waals surface area contributed by atoms with Crippen molar-refractivity contribution in [2.75, 3.05) is 6.54 Å². The van der Waals surface area contributed by atoms with E-state index >= 15 is 0 Å². The SMILES string of the molecule is CC1=CC2(CCCCC2)N(S(=O)(=O)c2ccc(C)cc2)C1. The third-order valence-corrected chi connectivity index (χ3v) is 6.67. The Kier molecular flexibility index (Phi) is 3.70. The van der Waals surface area contributed by atoms with Gasteiger partial charge in [0, 0.05) is 6.54 Å². The first-order chi connectivity index (χ1) is 9.94. The maximum absolute atomic E-state index is 13.1. The van der Waals surface area contributed by atoms with Crippen LogP contribution in [0.2, 0.25) is 0 Å². The van der Waals surface area contributed by atoms with Crippen LogP contribution in [0.15, 0.2) is 40.8 Å². The number of hydrogen-bond acceptors (Lipinski definition) is 2. The molecule has 1 saturated carbocycles. The number of sulfonamides is 1. The van der Waals surface area contributed by atoms with Gasteiger partial charge in [0.05, 0.1) is 10.4 Å². The fraction of sp³-hybridized carbons (Fsp3) is 0.529. The summed E-state index contributed by atoms with van der Waals surface area (Å²) in [5.41, 5.74) is 1.98. The zero-order valence-electron chi connectivity index (χ0n) is 12.8. The van der Waals surface area contributed by atoms with Crippen molar-refractivity contribution in [3.63, 3.8) is 0 Å². The van der Waals surface area contributed by atoms with E-state index in [9.17, 15) is 8.42 Å². The standard InChI is InChI=1S/C17H23NO2S/c1-14-6-8-16(9-7-14)21(19,20)18-13-15(2)12-17(18)10-4-3-5-11-17/h6-9,12H,3-5,10-11,13H2,1-2H3. The van der Waals surface area contributed by atoms with E-state index in [0.717, 1.165) is 31.2 Å². The molecule has 1 aromatic carbocycles. The minimum atomic E-state index is -3.42. The predicted octanol–water partition coefficient (Wildman–Crippen LogP) is 3.65. The normalized spacial score (nSPS) is 22.5. The number of aryl methyl sites for hydroxylation is 1. The smallest absolute Gasteiger partial charge is 0.207 e. The van der Waals surface area contributed by atoms with Gasteiger partial charge in [-0.25, -0.2) is 8.42 Å². The Bertz CT molecular complexity index is 653. The molecule has 0 aromatic heterocycles. The molecule has 3 rings (SSSR count). The second kappa shape index (κ2) is 5.25. The number of benzene rings is 1. The lowest BCUT2D eigenvalue weighted by molar-refractivity contribution is 0.205. The van der Waals surface area contributed by atoms with Crippen LogP contribution in [-0.2, 0) is 10.0 Å². The third kappa shape index (κ3) is 2.55. The highest BCUT2D eigenvalue weighted by atomic mass is 32.2. The van der Waals surface area contributed by atoms with Gasteiger partial charge in [0.25, 0.3) is 0 Å². The molecule has 1 aliphatic heterocycles. The Morgan fingerprint density at radius 2 is 1.62 bits per heavy atom. The Labute approximate surface area is 127 Å². The van der Waals surface area contributed by atoms with Crippen LogP contribution in [0.1, 0.15) is 44.6 Å². The summed E-state index contributed by atoms with van der Waals surface area (Å²) in [6.45, 7) is 4.55. The van der Waals surface area contributed by atoms with Crippen LogP contribution in [0, 0.1) is 6.92 Å². The highest BCUT2D eigenvalue weighted by molar-refractivity contribution is 7.89. The van der Waals surface area contributed by atoms with Crippen molar-refractivity contribution in [3.8, 4) is 0 Å². The van der Waals surface area contributed by atoms with Gasteiger partial charge in [-0.05, 0) is 38.8 Å². The molecule has 1 fully saturated rings. The van der Waals surface area contributed by atoms with Crippen molar-refractivity contribution in [3.05, 3.63) is 41.5 Å². The Morgan fingerprint density at radius 1 is 1.00 bits per heavy atom. The molecule has 0 radical (unpaired) electrons. The largest absolute Gasteiger partial charge is 0.244 e. The van der Waals surface area contributed by atoms with E-state index in [1.807, 2.05) is 26.0 Å². The first kappa shape index (κ1) is 14.8. The van der Waals surface area contributed by atoms with E-state index in [0.29, 0.717) is 11.4 Å². The van der Waals surface area contributed by atoms with Crippen molar-refractivity contribution in [2.24, 2.45) is 0 Å². The molecule has 0 amide bonds. The van der Waals surface area contributed by atoms with Crippen LogP contribution < -0.4 is 0 Å². The van der Waals surface area contributed by atoms with E-state index in [-0.39, 0.29) is 5.54 Å². The molecule has 1 heterocycles. The second-order valence-electron chi connectivity index (χ2n) is 6.48. The monoisotopic (exact) mass is 305 g/mol. The first-order valence-corrected chi connectivity index (χ1v) is 9.16. The molecule has 3 nitrogen and oxygen atoms in total. The summed E-state index contributed by atoms with van der Waals surface area (Å²) in [5, 5.41) is 0. The number of rotatable bonds is 2. The van der Waals surface area contributed by atoms with Gasteiger partial charge in [-0.1, -0.05) is 48.6 Å². The van der Waals surface area contributed by atoms with Crippen LogP contribution in [0.4, 0.5) is 0 Å². The topological polar surface area (TPSA) is 37.4 Å². The first-order valence-electron chi connectivity index (χ1n) is 7.72. The highest BCUT2D eigenvalue weighted by Crippen LogP contribution is 2.42. The van der Waals surface area contributed by atoms with E-state index in [2.05, 4.69) is 6.08 Å². The third-order valence-electron chi connectivity index (χ3n) is 4.73. The molecule has 1 spiro atoms. The van der Waals surface area contributed by atoms with Crippen molar-refractivity contribution in [1.29, 1.82) is 0 Å². The van der Waals surface area contributed by atoms with Crippen LogP contribution >= 0.6 is 0 Å². The maximum Gasteiger partial charge on any atom is 0.244 e. The molecular weight excluding hydrogens is 282 g/mol. The molecule has 1 aromatic rings. The fourth-order valence-electron chi connectivity index (χ4n) is 3.68. The van der Waals surface area contributed by atoms with Gasteiger partial charge in [0.15, 0.2) is 0 Å². The lowest BCUT2D eigenvalue weighted by Crippen LogP contribution is -2.48. The highest BCUT2D eigenvalue weighted by Gasteiger charge is 2.46. The Balaban J connectivity index is 2.00. The van der Waals surface area contributed by atoms with Crippen LogP contribution in [0.5, 0.6) is 0 Å². The molecule has 2 aliphatic rings. The molecule has 0 N–H and O–H groups in total. The average Bonchev–Trinajstić information content (AvgIpc) is 2.77. The molecule has 1 aliphatic carbocycles. The lowest BCUT2D eigenvalue weighted by Gasteiger charge is -2.40. The zero-order chi connectivity index (χ0) is 15.1. The summed E-state index contributed by atoms with van der Waals surface area (Å²) < 4.78 is 27.9. The number of nitrogens with zero attached hydrogens (tertiary/aromatic N) is 1. The minimum Gasteiger partial charge on any atom is -0.207 e. The van der Waals surface area contributed by atoms with Gasteiger partial charge in [0.1, 0.15) is 0 Å². The van der Waals surface area contributed by atoms with Gasteiger partial charge in [0.2, 0.25) is 10.0 Å². The minimum absolute atomic E-state index is 0.272. The summed E-state index contributed by atoms with van der Waals surface area (Å²) in [6, 6.07) is 7.21. The van der Waals surface area contributed by atoms with E-state index in [1.54, 1.807) is 16.4 Å². The van der Waals surface area contributed by atoms with Gasteiger partial charge < -0.3 is 0 Å². The predicted molar refractivity (Wildman–Crippen MR) is 84.6 cm³/mol. The summed E-state index contributed by atoms with van der Waals surface area (Å²) in [5.74, 6) is 0. The fourth-order valence-corrected chi connectivity index (χ4v) is 5.50. The molecule has 0 bridgehead atoms. The zero-order valence-corrected chi connectivity index (χ0v) is 13.6. The lowest BCUT2D eigenvalue weighted by atomic mass is 9.82. The summed E-state index contributed by atoms with van der Waals surface area (Å²) in [4.78, 5) is 0.418. The summed E-state index contributed by atoms with van der Waals surface area (Å²) in [6.07, 6.45) is 7.56. The average molecular weight is 305 g/mol. The maximum atomic E-state index is 13.1. The molecule has 21 heavy (non-hydrogen) atoms. The van der Waals surface area contributed by atoms with Crippen molar-refractivity contribution in [2.45, 2.75) is 56.4 Å². The van der Waals surface area contributed by atoms with E-state index in [1.165, 1.54) is 12.0 Å². The summed E-state index contributed by atoms with van der Waals surface area (Å²) in [7, 11) is -3.42. The quantitative estimate of drug-likeness (QED) is 0.782. The van der Waals surface area contributed by atoms with Crippen molar-refractivity contribution < 1.29 is 8.42 Å². The second-order valence-corrected chi connectivity index (χ2v) is 8.34. The molecule has 4 heteroatoms. The van der Waals surface area contributed by atoms with Crippen molar-refractivity contribution in [1.82, 2.24) is 4.31 Å². The molecular formula is C17H23NO2S.